The Kier molecular flexibility index (Phi) is 7.15. The van der Waals surface area contributed by atoms with Crippen molar-refractivity contribution >= 4 is 45.8 Å². The maximum absolute atomic E-state index is 11.8. The molecule has 4 aromatic rings. The van der Waals surface area contributed by atoms with E-state index >= 15 is 0 Å². The van der Waals surface area contributed by atoms with Gasteiger partial charge >= 0.3 is 0 Å². The third-order valence-corrected chi connectivity index (χ3v) is 5.76. The minimum Gasteiger partial charge on any atom is -0.494 e. The molecule has 0 bridgehead atoms. The average molecular weight is 509 g/mol. The van der Waals surface area contributed by atoms with Crippen molar-refractivity contribution < 1.29 is 24.2 Å². The number of benzene rings is 2. The topological polar surface area (TPSA) is 213 Å². The summed E-state index contributed by atoms with van der Waals surface area (Å²) >= 11 is 0. The lowest BCUT2D eigenvalue weighted by Crippen LogP contribution is -2.12. The van der Waals surface area contributed by atoms with E-state index in [9.17, 15) is 9.59 Å². The first-order valence-corrected chi connectivity index (χ1v) is 11.4. The van der Waals surface area contributed by atoms with Crippen LogP contribution in [0.1, 0.15) is 27.1 Å². The largest absolute Gasteiger partial charge is 0.494 e. The molecular formula is C24H28N8O5. The maximum atomic E-state index is 11.8. The Morgan fingerprint density at radius 1 is 0.892 bits per heavy atom. The molecule has 0 saturated heterocycles. The second-order valence-corrected chi connectivity index (χ2v) is 8.18. The number of fused-ring (bicyclic) bond motifs is 2. The molecule has 13 nitrogen and oxygen atoms in total. The molecule has 0 aliphatic carbocycles. The summed E-state index contributed by atoms with van der Waals surface area (Å²) in [6.07, 6.45) is 4.15. The van der Waals surface area contributed by atoms with Crippen LogP contribution in [-0.2, 0) is 13.1 Å². The maximum Gasteiger partial charge on any atom is 0.248 e. The Morgan fingerprint density at radius 2 is 1.38 bits per heavy atom. The lowest BCUT2D eigenvalue weighted by atomic mass is 10.1. The Bertz CT molecular complexity index is 1520. The van der Waals surface area contributed by atoms with E-state index in [0.717, 1.165) is 0 Å². The van der Waals surface area contributed by atoms with E-state index in [-0.39, 0.29) is 36.2 Å². The summed E-state index contributed by atoms with van der Waals surface area (Å²) in [6, 6.07) is 6.20. The quantitative estimate of drug-likeness (QED) is 0.143. The number of methoxy groups -OCH3 is 1. The lowest BCUT2D eigenvalue weighted by Gasteiger charge is -2.11. The Hall–Kier alpha value is -4.78. The highest BCUT2D eigenvalue weighted by atomic mass is 16.5. The molecule has 0 radical (unpaired) electrons. The molecule has 194 valence electrons. The Labute approximate surface area is 211 Å². The molecule has 2 aromatic heterocycles. The van der Waals surface area contributed by atoms with Crippen molar-refractivity contribution in [3.63, 3.8) is 0 Å². The van der Waals surface area contributed by atoms with Crippen molar-refractivity contribution in [3.05, 3.63) is 47.5 Å². The van der Waals surface area contributed by atoms with Crippen LogP contribution >= 0.6 is 0 Å². The van der Waals surface area contributed by atoms with Crippen LogP contribution in [-0.4, -0.2) is 56.3 Å². The van der Waals surface area contributed by atoms with Gasteiger partial charge in [-0.15, -0.1) is 0 Å². The molecule has 0 aliphatic heterocycles. The van der Waals surface area contributed by atoms with Gasteiger partial charge in [0.1, 0.15) is 22.5 Å². The van der Waals surface area contributed by atoms with Gasteiger partial charge in [-0.2, -0.15) is 0 Å². The zero-order valence-corrected chi connectivity index (χ0v) is 20.2. The lowest BCUT2D eigenvalue weighted by molar-refractivity contribution is 0.0991. The third-order valence-electron chi connectivity index (χ3n) is 5.76. The number of carbonyl (C=O) groups is 2. The zero-order valence-electron chi connectivity index (χ0n) is 20.2. The highest BCUT2D eigenvalue weighted by molar-refractivity contribution is 5.99. The number of aromatic nitrogens is 4. The highest BCUT2D eigenvalue weighted by Gasteiger charge is 2.18. The SMILES string of the molecule is COc1cc(C(N)=O)cc2nc(N)n(CC=CCn3c(N)nc4cc(C(N)=O)cc(OCCCO)c43)c12. The molecule has 9 N–H and O–H groups in total. The van der Waals surface area contributed by atoms with Crippen molar-refractivity contribution in [2.45, 2.75) is 19.5 Å². The Balaban J connectivity index is 1.64. The van der Waals surface area contributed by atoms with Gasteiger partial charge in [-0.05, 0) is 24.3 Å². The average Bonchev–Trinajstić information content (AvgIpc) is 3.36. The van der Waals surface area contributed by atoms with Crippen LogP contribution in [0.25, 0.3) is 22.1 Å². The van der Waals surface area contributed by atoms with Gasteiger partial charge in [-0.25, -0.2) is 9.97 Å². The summed E-state index contributed by atoms with van der Waals surface area (Å²) in [7, 11) is 1.49. The van der Waals surface area contributed by atoms with Crippen molar-refractivity contribution in [3.8, 4) is 11.5 Å². The van der Waals surface area contributed by atoms with Crippen LogP contribution in [0.5, 0.6) is 11.5 Å². The van der Waals surface area contributed by atoms with Crippen LogP contribution in [0.3, 0.4) is 0 Å². The van der Waals surface area contributed by atoms with E-state index in [1.54, 1.807) is 27.3 Å². The fraction of sp³-hybridized carbons (Fsp3) is 0.250. The second-order valence-electron chi connectivity index (χ2n) is 8.18. The van der Waals surface area contributed by atoms with Crippen molar-refractivity contribution in [2.24, 2.45) is 11.5 Å². The number of nitrogens with two attached hydrogens (primary N) is 4. The summed E-state index contributed by atoms with van der Waals surface area (Å²) < 4.78 is 14.7. The fourth-order valence-corrected chi connectivity index (χ4v) is 4.02. The van der Waals surface area contributed by atoms with Crippen molar-refractivity contribution in [1.82, 2.24) is 19.1 Å². The molecule has 2 aromatic carbocycles. The second kappa shape index (κ2) is 10.5. The standard InChI is InChI=1S/C24H28N8O5/c1-36-17-11-13(21(25)34)9-15-19(17)31(23(27)29-15)5-2-3-6-32-20-16(30-24(32)28)10-14(22(26)35)12-18(20)37-8-4-7-33/h2-3,9-12,33H,4-8H2,1H3,(H2,25,34)(H2,26,35)(H2,27,29)(H2,28,30). The molecule has 0 aliphatic rings. The minimum atomic E-state index is -0.620. The molecule has 0 unspecified atom stereocenters. The van der Waals surface area contributed by atoms with Crippen molar-refractivity contribution in [1.29, 1.82) is 0 Å². The fourth-order valence-electron chi connectivity index (χ4n) is 4.02. The molecule has 2 amide bonds. The molecule has 4 rings (SSSR count). The van der Waals surface area contributed by atoms with Gasteiger partial charge in [0.25, 0.3) is 0 Å². The van der Waals surface area contributed by atoms with E-state index in [1.807, 2.05) is 12.2 Å². The Morgan fingerprint density at radius 3 is 1.84 bits per heavy atom. The number of aliphatic hydroxyl groups is 1. The number of allylic oxidation sites excluding steroid dienone is 2. The summed E-state index contributed by atoms with van der Waals surface area (Å²) in [6.45, 7) is 0.890. The number of anilines is 2. The van der Waals surface area contributed by atoms with Crippen molar-refractivity contribution in [2.75, 3.05) is 31.8 Å². The van der Waals surface area contributed by atoms with Gasteiger partial charge in [0.2, 0.25) is 23.7 Å². The first-order valence-electron chi connectivity index (χ1n) is 11.4. The van der Waals surface area contributed by atoms with Gasteiger partial charge in [-0.3, -0.25) is 9.59 Å². The highest BCUT2D eigenvalue weighted by Crippen LogP contribution is 2.31. The summed E-state index contributed by atoms with van der Waals surface area (Å²) in [4.78, 5) is 32.1. The van der Waals surface area contributed by atoms with E-state index in [0.29, 0.717) is 53.1 Å². The number of primary amides is 2. The number of ether oxygens (including phenoxy) is 2. The molecule has 13 heteroatoms. The number of amides is 2. The summed E-state index contributed by atoms with van der Waals surface area (Å²) in [5.74, 6) is 0.0552. The number of nitrogens with zero attached hydrogens (tertiary/aromatic N) is 4. The first-order chi connectivity index (χ1) is 17.7. The number of hydrogen-bond donors (Lipinski definition) is 5. The van der Waals surface area contributed by atoms with Crippen LogP contribution < -0.4 is 32.4 Å². The molecule has 0 saturated carbocycles. The van der Waals surface area contributed by atoms with Crippen LogP contribution in [0.4, 0.5) is 11.9 Å². The first kappa shape index (κ1) is 25.3. The number of rotatable bonds is 11. The van der Waals surface area contributed by atoms with Gasteiger partial charge in [0.15, 0.2) is 0 Å². The number of nitrogen functional groups attached to an aromatic ring is 2. The monoisotopic (exact) mass is 508 g/mol. The number of carbonyl (C=O) groups excluding carboxylic acids is 2. The smallest absolute Gasteiger partial charge is 0.248 e. The van der Waals surface area contributed by atoms with E-state index in [1.165, 1.54) is 13.2 Å². The normalized spacial score (nSPS) is 11.5. The van der Waals surface area contributed by atoms with Crippen LogP contribution in [0, 0.1) is 0 Å². The summed E-state index contributed by atoms with van der Waals surface area (Å²) in [5, 5.41) is 9.09. The number of imidazole rings is 2. The molecule has 0 fully saturated rings. The summed E-state index contributed by atoms with van der Waals surface area (Å²) in [5.41, 5.74) is 25.8. The number of aliphatic hydroxyl groups excluding tert-OH is 1. The van der Waals surface area contributed by atoms with Gasteiger partial charge in [0.05, 0.1) is 24.8 Å². The predicted octanol–water partition coefficient (Wildman–Crippen LogP) is 0.774. The zero-order chi connectivity index (χ0) is 26.7. The van der Waals surface area contributed by atoms with Gasteiger partial charge in [0, 0.05) is 37.2 Å². The predicted molar refractivity (Wildman–Crippen MR) is 138 cm³/mol. The minimum absolute atomic E-state index is 0.0382. The molecule has 2 heterocycles. The van der Waals surface area contributed by atoms with E-state index in [2.05, 4.69) is 9.97 Å². The third kappa shape index (κ3) is 4.97. The van der Waals surface area contributed by atoms with Crippen LogP contribution in [0.15, 0.2) is 36.4 Å². The molecule has 0 atom stereocenters. The number of hydrogen-bond acceptors (Lipinski definition) is 9. The molecule has 37 heavy (non-hydrogen) atoms. The van der Waals surface area contributed by atoms with Gasteiger partial charge in [-0.1, -0.05) is 12.2 Å². The van der Waals surface area contributed by atoms with Crippen LogP contribution in [0.2, 0.25) is 0 Å². The molecule has 0 spiro atoms. The van der Waals surface area contributed by atoms with E-state index in [4.69, 9.17) is 37.5 Å². The van der Waals surface area contributed by atoms with Gasteiger partial charge < -0.3 is 46.6 Å². The molecular weight excluding hydrogens is 480 g/mol. The van der Waals surface area contributed by atoms with E-state index < -0.39 is 11.8 Å².